The van der Waals surface area contributed by atoms with Crippen molar-refractivity contribution in [2.24, 2.45) is 0 Å². The molecule has 2 unspecified atom stereocenters. The standard InChI is InChI=1S/C19H20FNO4/c1-12-5-3-4-6-16(12)17(11-18(22)23)21-19(24)13(2)25-15-9-7-14(20)8-10-15/h3-10,13,17H,11H2,1-2H3,(H,21,24)(H,22,23). The van der Waals surface area contributed by atoms with Crippen LogP contribution in [0.15, 0.2) is 48.5 Å². The lowest BCUT2D eigenvalue weighted by Crippen LogP contribution is -2.39. The Balaban J connectivity index is 2.09. The third-order valence-electron chi connectivity index (χ3n) is 3.75. The molecule has 0 saturated heterocycles. The van der Waals surface area contributed by atoms with Crippen molar-refractivity contribution in [2.45, 2.75) is 32.4 Å². The van der Waals surface area contributed by atoms with Crippen LogP contribution in [0.5, 0.6) is 5.75 Å². The predicted octanol–water partition coefficient (Wildman–Crippen LogP) is 3.23. The van der Waals surface area contributed by atoms with Gasteiger partial charge in [0.2, 0.25) is 0 Å². The Morgan fingerprint density at radius 1 is 1.16 bits per heavy atom. The lowest BCUT2D eigenvalue weighted by atomic mass is 9.98. The largest absolute Gasteiger partial charge is 0.481 e. The molecule has 0 fully saturated rings. The number of hydrogen-bond acceptors (Lipinski definition) is 3. The minimum Gasteiger partial charge on any atom is -0.481 e. The molecule has 0 aliphatic rings. The summed E-state index contributed by atoms with van der Waals surface area (Å²) >= 11 is 0. The molecular weight excluding hydrogens is 325 g/mol. The molecule has 6 heteroatoms. The van der Waals surface area contributed by atoms with Crippen LogP contribution in [0.4, 0.5) is 4.39 Å². The van der Waals surface area contributed by atoms with E-state index in [1.165, 1.54) is 24.3 Å². The molecule has 5 nitrogen and oxygen atoms in total. The van der Waals surface area contributed by atoms with E-state index >= 15 is 0 Å². The van der Waals surface area contributed by atoms with Crippen molar-refractivity contribution in [1.82, 2.24) is 5.32 Å². The van der Waals surface area contributed by atoms with Crippen molar-refractivity contribution in [1.29, 1.82) is 0 Å². The Morgan fingerprint density at radius 2 is 1.80 bits per heavy atom. The van der Waals surface area contributed by atoms with E-state index in [1.54, 1.807) is 19.1 Å². The number of halogens is 1. The second-order valence-corrected chi connectivity index (χ2v) is 5.73. The predicted molar refractivity (Wildman–Crippen MR) is 90.8 cm³/mol. The Morgan fingerprint density at radius 3 is 2.40 bits per heavy atom. The van der Waals surface area contributed by atoms with Gasteiger partial charge in [0.1, 0.15) is 11.6 Å². The van der Waals surface area contributed by atoms with Crippen molar-refractivity contribution in [3.63, 3.8) is 0 Å². The maximum Gasteiger partial charge on any atom is 0.305 e. The summed E-state index contributed by atoms with van der Waals surface area (Å²) in [4.78, 5) is 23.5. The van der Waals surface area contributed by atoms with Crippen molar-refractivity contribution in [2.75, 3.05) is 0 Å². The van der Waals surface area contributed by atoms with Crippen LogP contribution >= 0.6 is 0 Å². The third kappa shape index (κ3) is 5.31. The zero-order valence-corrected chi connectivity index (χ0v) is 14.0. The molecule has 132 valence electrons. The molecule has 0 aromatic heterocycles. The van der Waals surface area contributed by atoms with Crippen LogP contribution in [-0.4, -0.2) is 23.1 Å². The summed E-state index contributed by atoms with van der Waals surface area (Å²) in [6.07, 6.45) is -1.09. The van der Waals surface area contributed by atoms with Crippen LogP contribution in [0.1, 0.15) is 30.5 Å². The summed E-state index contributed by atoms with van der Waals surface area (Å²) in [5.41, 5.74) is 1.63. The summed E-state index contributed by atoms with van der Waals surface area (Å²) in [6.45, 7) is 3.41. The first kappa shape index (κ1) is 18.4. The Labute approximate surface area is 145 Å². The molecule has 0 bridgehead atoms. The first-order chi connectivity index (χ1) is 11.9. The third-order valence-corrected chi connectivity index (χ3v) is 3.75. The molecule has 2 N–H and O–H groups in total. The summed E-state index contributed by atoms with van der Waals surface area (Å²) in [5, 5.41) is 11.8. The number of nitrogens with one attached hydrogen (secondary N) is 1. The van der Waals surface area contributed by atoms with Crippen molar-refractivity contribution < 1.29 is 23.8 Å². The van der Waals surface area contributed by atoms with Crippen LogP contribution in [0.25, 0.3) is 0 Å². The van der Waals surface area contributed by atoms with Gasteiger partial charge in [0.05, 0.1) is 12.5 Å². The average Bonchev–Trinajstić information content (AvgIpc) is 2.56. The monoisotopic (exact) mass is 345 g/mol. The first-order valence-electron chi connectivity index (χ1n) is 7.86. The zero-order valence-electron chi connectivity index (χ0n) is 14.0. The molecule has 0 spiro atoms. The lowest BCUT2D eigenvalue weighted by molar-refractivity contribution is -0.138. The smallest absolute Gasteiger partial charge is 0.305 e. The Hall–Kier alpha value is -2.89. The molecule has 2 atom stereocenters. The van der Waals surface area contributed by atoms with Crippen LogP contribution in [0, 0.1) is 12.7 Å². The lowest BCUT2D eigenvalue weighted by Gasteiger charge is -2.22. The molecule has 2 aromatic carbocycles. The van der Waals surface area contributed by atoms with E-state index in [2.05, 4.69) is 5.32 Å². The Bertz CT molecular complexity index is 745. The fourth-order valence-electron chi connectivity index (χ4n) is 2.45. The highest BCUT2D eigenvalue weighted by Gasteiger charge is 2.23. The topological polar surface area (TPSA) is 75.6 Å². The SMILES string of the molecule is Cc1ccccc1C(CC(=O)O)NC(=O)C(C)Oc1ccc(F)cc1. The summed E-state index contributed by atoms with van der Waals surface area (Å²) < 4.78 is 18.4. The maximum absolute atomic E-state index is 12.9. The molecule has 1 amide bonds. The molecule has 2 aromatic rings. The van der Waals surface area contributed by atoms with Gasteiger partial charge in [-0.15, -0.1) is 0 Å². The number of aryl methyl sites for hydroxylation is 1. The highest BCUT2D eigenvalue weighted by Crippen LogP contribution is 2.21. The van der Waals surface area contributed by atoms with E-state index in [0.717, 1.165) is 11.1 Å². The van der Waals surface area contributed by atoms with E-state index < -0.39 is 29.8 Å². The molecule has 0 aliphatic carbocycles. The minimum atomic E-state index is -1.01. The van der Waals surface area contributed by atoms with E-state index in [0.29, 0.717) is 5.75 Å². The highest BCUT2D eigenvalue weighted by atomic mass is 19.1. The van der Waals surface area contributed by atoms with E-state index in [9.17, 15) is 14.0 Å². The first-order valence-corrected chi connectivity index (χ1v) is 7.86. The molecule has 25 heavy (non-hydrogen) atoms. The summed E-state index contributed by atoms with van der Waals surface area (Å²) in [5.74, 6) is -1.50. The van der Waals surface area contributed by atoms with Crippen molar-refractivity contribution in [3.05, 3.63) is 65.5 Å². The number of carboxylic acid groups (broad SMARTS) is 1. The number of rotatable bonds is 7. The number of amides is 1. The normalized spacial score (nSPS) is 12.9. The van der Waals surface area contributed by atoms with Gasteiger partial charge in [0.25, 0.3) is 5.91 Å². The van der Waals surface area contributed by atoms with Crippen LogP contribution in [0.3, 0.4) is 0 Å². The number of carbonyl (C=O) groups excluding carboxylic acids is 1. The van der Waals surface area contributed by atoms with Gasteiger partial charge >= 0.3 is 5.97 Å². The van der Waals surface area contributed by atoms with Gasteiger partial charge in [0.15, 0.2) is 6.10 Å². The number of aliphatic carboxylic acids is 1. The summed E-state index contributed by atoms with van der Waals surface area (Å²) in [6, 6.07) is 11.9. The van der Waals surface area contributed by atoms with Crippen LogP contribution in [-0.2, 0) is 9.59 Å². The fourth-order valence-corrected chi connectivity index (χ4v) is 2.45. The van der Waals surface area contributed by atoms with Gasteiger partial charge in [0, 0.05) is 0 Å². The van der Waals surface area contributed by atoms with Crippen LogP contribution < -0.4 is 10.1 Å². The zero-order chi connectivity index (χ0) is 18.4. The number of carbonyl (C=O) groups is 2. The molecular formula is C19H20FNO4. The van der Waals surface area contributed by atoms with Gasteiger partial charge in [-0.2, -0.15) is 0 Å². The number of hydrogen-bond donors (Lipinski definition) is 2. The van der Waals surface area contributed by atoms with Gasteiger partial charge in [-0.3, -0.25) is 9.59 Å². The quantitative estimate of drug-likeness (QED) is 0.808. The highest BCUT2D eigenvalue weighted by molar-refractivity contribution is 5.82. The van der Waals surface area contributed by atoms with E-state index in [-0.39, 0.29) is 6.42 Å². The second kappa shape index (κ2) is 8.28. The second-order valence-electron chi connectivity index (χ2n) is 5.73. The van der Waals surface area contributed by atoms with Gasteiger partial charge in [-0.1, -0.05) is 24.3 Å². The maximum atomic E-state index is 12.9. The molecule has 0 aliphatic heterocycles. The molecule has 2 rings (SSSR count). The Kier molecular flexibility index (Phi) is 6.11. The summed E-state index contributed by atoms with van der Waals surface area (Å²) in [7, 11) is 0. The van der Waals surface area contributed by atoms with Crippen LogP contribution in [0.2, 0.25) is 0 Å². The van der Waals surface area contributed by atoms with Crippen molar-refractivity contribution >= 4 is 11.9 Å². The minimum absolute atomic E-state index is 0.236. The number of carboxylic acids is 1. The van der Waals surface area contributed by atoms with Gasteiger partial charge in [-0.25, -0.2) is 4.39 Å². The molecule has 0 radical (unpaired) electrons. The molecule has 0 saturated carbocycles. The van der Waals surface area contributed by atoms with Gasteiger partial charge in [-0.05, 0) is 49.2 Å². The number of ether oxygens (including phenoxy) is 1. The van der Waals surface area contributed by atoms with Crippen molar-refractivity contribution in [3.8, 4) is 5.75 Å². The van der Waals surface area contributed by atoms with E-state index in [1.807, 2.05) is 19.1 Å². The molecule has 0 heterocycles. The number of benzene rings is 2. The average molecular weight is 345 g/mol. The van der Waals surface area contributed by atoms with Gasteiger partial charge < -0.3 is 15.2 Å². The van der Waals surface area contributed by atoms with E-state index in [4.69, 9.17) is 9.84 Å². The fraction of sp³-hybridized carbons (Fsp3) is 0.263.